The molecule has 1 saturated carbocycles. The van der Waals surface area contributed by atoms with Gasteiger partial charge in [0.25, 0.3) is 0 Å². The minimum atomic E-state index is 0.173. The highest BCUT2D eigenvalue weighted by atomic mass is 16.2. The van der Waals surface area contributed by atoms with Crippen LogP contribution in [-0.2, 0) is 18.4 Å². The van der Waals surface area contributed by atoms with E-state index in [1.165, 1.54) is 18.4 Å². The number of hydrogen-bond acceptors (Lipinski definition) is 7. The Balaban J connectivity index is 1.08. The molecule has 2 aromatic rings. The third kappa shape index (κ3) is 4.72. The summed E-state index contributed by atoms with van der Waals surface area (Å²) in [6.45, 7) is 7.00. The Morgan fingerprint density at radius 2 is 1.77 bits per heavy atom. The molecule has 1 aliphatic carbocycles. The van der Waals surface area contributed by atoms with Crippen molar-refractivity contribution in [1.82, 2.24) is 34.9 Å². The van der Waals surface area contributed by atoms with Gasteiger partial charge in [0, 0.05) is 83.1 Å². The predicted octanol–water partition coefficient (Wildman–Crippen LogP) is 0.359. The first kappa shape index (κ1) is 20.4. The van der Waals surface area contributed by atoms with Gasteiger partial charge in [-0.2, -0.15) is 5.10 Å². The SMILES string of the molecule is Cn1cc(CN2C[C@H]3CC[C@@H](C2)C3NC(=O)CN2CCN(c3ncccn3)CC2)cn1. The number of hydrogen-bond donors (Lipinski definition) is 1. The van der Waals surface area contributed by atoms with Gasteiger partial charge < -0.3 is 10.2 Å². The average Bonchev–Trinajstić information content (AvgIpc) is 3.27. The fraction of sp³-hybridized carbons (Fsp3) is 0.636. The number of fused-ring (bicyclic) bond motifs is 2. The van der Waals surface area contributed by atoms with E-state index in [9.17, 15) is 4.79 Å². The molecule has 0 aromatic carbocycles. The summed E-state index contributed by atoms with van der Waals surface area (Å²) in [5.74, 6) is 2.08. The van der Waals surface area contributed by atoms with Crippen molar-refractivity contribution in [3.63, 3.8) is 0 Å². The number of nitrogens with one attached hydrogen (secondary N) is 1. The van der Waals surface area contributed by atoms with Crippen LogP contribution in [0.15, 0.2) is 30.9 Å². The number of carbonyl (C=O) groups is 1. The van der Waals surface area contributed by atoms with E-state index in [1.54, 1.807) is 12.4 Å². The number of aromatic nitrogens is 4. The van der Waals surface area contributed by atoms with Crippen LogP contribution in [-0.4, -0.2) is 87.3 Å². The van der Waals surface area contributed by atoms with Crippen molar-refractivity contribution in [3.8, 4) is 0 Å². The lowest BCUT2D eigenvalue weighted by Gasteiger charge is -2.39. The molecule has 31 heavy (non-hydrogen) atoms. The maximum absolute atomic E-state index is 12.8. The smallest absolute Gasteiger partial charge is 0.234 e. The van der Waals surface area contributed by atoms with Gasteiger partial charge in [-0.15, -0.1) is 0 Å². The van der Waals surface area contributed by atoms with Gasteiger partial charge in [0.1, 0.15) is 0 Å². The van der Waals surface area contributed by atoms with E-state index in [2.05, 4.69) is 41.3 Å². The molecule has 3 aliphatic rings. The Bertz CT molecular complexity index is 865. The van der Waals surface area contributed by atoms with Gasteiger partial charge in [0.05, 0.1) is 12.7 Å². The number of likely N-dealkylation sites (tertiary alicyclic amines) is 1. The van der Waals surface area contributed by atoms with Gasteiger partial charge in [-0.25, -0.2) is 9.97 Å². The van der Waals surface area contributed by atoms with Gasteiger partial charge in [-0.3, -0.25) is 19.3 Å². The molecular formula is C22H32N8O. The predicted molar refractivity (Wildman–Crippen MR) is 117 cm³/mol. The van der Waals surface area contributed by atoms with E-state index in [0.717, 1.165) is 51.8 Å². The van der Waals surface area contributed by atoms with Gasteiger partial charge in [-0.1, -0.05) is 0 Å². The summed E-state index contributed by atoms with van der Waals surface area (Å²) in [5, 5.41) is 7.68. The lowest BCUT2D eigenvalue weighted by Crippen LogP contribution is -2.55. The Morgan fingerprint density at radius 3 is 2.42 bits per heavy atom. The maximum atomic E-state index is 12.8. The van der Waals surface area contributed by atoms with E-state index in [0.29, 0.717) is 24.4 Å². The molecule has 1 unspecified atom stereocenters. The second-order valence-electron chi connectivity index (χ2n) is 9.22. The van der Waals surface area contributed by atoms with E-state index in [4.69, 9.17) is 0 Å². The first-order valence-electron chi connectivity index (χ1n) is 11.4. The highest BCUT2D eigenvalue weighted by Gasteiger charge is 2.42. The Kier molecular flexibility index (Phi) is 5.87. The van der Waals surface area contributed by atoms with Crippen molar-refractivity contribution in [2.24, 2.45) is 18.9 Å². The quantitative estimate of drug-likeness (QED) is 0.717. The second kappa shape index (κ2) is 8.92. The van der Waals surface area contributed by atoms with E-state index >= 15 is 0 Å². The van der Waals surface area contributed by atoms with Crippen molar-refractivity contribution < 1.29 is 4.79 Å². The van der Waals surface area contributed by atoms with Crippen molar-refractivity contribution >= 4 is 11.9 Å². The van der Waals surface area contributed by atoms with Crippen LogP contribution in [0, 0.1) is 11.8 Å². The number of piperazine rings is 1. The number of aryl methyl sites for hydroxylation is 1. The number of carbonyl (C=O) groups excluding carboxylic acids is 1. The fourth-order valence-corrected chi connectivity index (χ4v) is 5.49. The van der Waals surface area contributed by atoms with Crippen molar-refractivity contribution in [2.75, 3.05) is 50.7 Å². The first-order chi connectivity index (χ1) is 15.1. The molecule has 166 valence electrons. The van der Waals surface area contributed by atoms with Crippen molar-refractivity contribution in [1.29, 1.82) is 0 Å². The summed E-state index contributed by atoms with van der Waals surface area (Å²) in [6.07, 6.45) is 10.0. The number of amides is 1. The molecule has 3 atom stereocenters. The molecular weight excluding hydrogens is 392 g/mol. The Labute approximate surface area is 183 Å². The zero-order valence-corrected chi connectivity index (χ0v) is 18.2. The summed E-state index contributed by atoms with van der Waals surface area (Å²) in [4.78, 5) is 28.4. The minimum absolute atomic E-state index is 0.173. The van der Waals surface area contributed by atoms with Crippen LogP contribution in [0.3, 0.4) is 0 Å². The molecule has 4 heterocycles. The lowest BCUT2D eigenvalue weighted by atomic mass is 9.92. The number of anilines is 1. The van der Waals surface area contributed by atoms with Gasteiger partial charge >= 0.3 is 0 Å². The second-order valence-corrected chi connectivity index (χ2v) is 9.22. The molecule has 1 N–H and O–H groups in total. The van der Waals surface area contributed by atoms with E-state index in [1.807, 2.05) is 24.0 Å². The van der Waals surface area contributed by atoms with Crippen LogP contribution in [0.25, 0.3) is 0 Å². The summed E-state index contributed by atoms with van der Waals surface area (Å²) in [5.41, 5.74) is 1.27. The van der Waals surface area contributed by atoms with Gasteiger partial charge in [0.15, 0.2) is 0 Å². The topological polar surface area (TPSA) is 82.4 Å². The summed E-state index contributed by atoms with van der Waals surface area (Å²) < 4.78 is 1.86. The number of rotatable bonds is 6. The molecule has 0 spiro atoms. The Hall–Kier alpha value is -2.52. The van der Waals surface area contributed by atoms with Gasteiger partial charge in [-0.05, 0) is 30.7 Å². The average molecular weight is 425 g/mol. The first-order valence-corrected chi connectivity index (χ1v) is 11.4. The summed E-state index contributed by atoms with van der Waals surface area (Å²) in [6, 6.07) is 2.16. The molecule has 2 aliphatic heterocycles. The molecule has 3 fully saturated rings. The highest BCUT2D eigenvalue weighted by Crippen LogP contribution is 2.37. The van der Waals surface area contributed by atoms with Crippen LogP contribution in [0.5, 0.6) is 0 Å². The Morgan fingerprint density at radius 1 is 1.06 bits per heavy atom. The summed E-state index contributed by atoms with van der Waals surface area (Å²) >= 11 is 0. The molecule has 2 aromatic heterocycles. The van der Waals surface area contributed by atoms with Crippen molar-refractivity contribution in [3.05, 3.63) is 36.4 Å². The standard InChI is InChI=1S/C22H32N8O/c1-27-12-17(11-25-27)13-29-14-18-3-4-19(15-29)21(18)26-20(31)16-28-7-9-30(10-8-28)22-23-5-2-6-24-22/h2,5-6,11-12,18-19,21H,3-4,7-10,13-16H2,1H3,(H,26,31)/t18-,19+,21?. The van der Waals surface area contributed by atoms with Gasteiger partial charge in [0.2, 0.25) is 11.9 Å². The molecule has 1 amide bonds. The van der Waals surface area contributed by atoms with Crippen LogP contribution < -0.4 is 10.2 Å². The largest absolute Gasteiger partial charge is 0.352 e. The normalized spacial score (nSPS) is 26.9. The maximum Gasteiger partial charge on any atom is 0.234 e. The van der Waals surface area contributed by atoms with Crippen LogP contribution in [0.2, 0.25) is 0 Å². The van der Waals surface area contributed by atoms with Crippen LogP contribution in [0.1, 0.15) is 18.4 Å². The monoisotopic (exact) mass is 424 g/mol. The molecule has 9 nitrogen and oxygen atoms in total. The molecule has 2 saturated heterocycles. The molecule has 2 bridgehead atoms. The zero-order chi connectivity index (χ0) is 21.2. The number of piperidine rings is 1. The lowest BCUT2D eigenvalue weighted by molar-refractivity contribution is -0.124. The third-order valence-electron chi connectivity index (χ3n) is 6.98. The minimum Gasteiger partial charge on any atom is -0.352 e. The van der Waals surface area contributed by atoms with Crippen LogP contribution in [0.4, 0.5) is 5.95 Å². The molecule has 5 rings (SSSR count). The molecule has 9 heteroatoms. The highest BCUT2D eigenvalue weighted by molar-refractivity contribution is 5.78. The fourth-order valence-electron chi connectivity index (χ4n) is 5.49. The van der Waals surface area contributed by atoms with E-state index < -0.39 is 0 Å². The third-order valence-corrected chi connectivity index (χ3v) is 6.98. The number of nitrogens with zero attached hydrogens (tertiary/aromatic N) is 7. The van der Waals surface area contributed by atoms with Crippen LogP contribution >= 0.6 is 0 Å². The van der Waals surface area contributed by atoms with E-state index in [-0.39, 0.29) is 5.91 Å². The van der Waals surface area contributed by atoms with Crippen molar-refractivity contribution in [2.45, 2.75) is 25.4 Å². The zero-order valence-electron chi connectivity index (χ0n) is 18.2. The molecule has 0 radical (unpaired) electrons. The summed E-state index contributed by atoms with van der Waals surface area (Å²) in [7, 11) is 1.96.